The van der Waals surface area contributed by atoms with Crippen LogP contribution in [-0.4, -0.2) is 76.9 Å². The zero-order valence-corrected chi connectivity index (χ0v) is 21.6. The summed E-state index contributed by atoms with van der Waals surface area (Å²) < 4.78 is 25.1. The van der Waals surface area contributed by atoms with Gasteiger partial charge < -0.3 is 30.1 Å². The van der Waals surface area contributed by atoms with E-state index in [4.69, 9.17) is 21.1 Å². The second-order valence-corrected chi connectivity index (χ2v) is 9.28. The number of rotatable bonds is 8. The number of nitrogens with zero attached hydrogens (tertiary/aromatic N) is 4. The highest BCUT2D eigenvalue weighted by molar-refractivity contribution is 6.31. The lowest BCUT2D eigenvalue weighted by molar-refractivity contribution is -0.118. The van der Waals surface area contributed by atoms with Gasteiger partial charge in [0.1, 0.15) is 5.82 Å². The highest BCUT2D eigenvalue weighted by Gasteiger charge is 2.31. The molecule has 0 aromatic carbocycles. The van der Waals surface area contributed by atoms with Gasteiger partial charge in [0, 0.05) is 56.3 Å². The first-order valence-electron chi connectivity index (χ1n) is 11.6. The number of aliphatic hydroxyl groups is 1. The van der Waals surface area contributed by atoms with Crippen LogP contribution in [-0.2, 0) is 17.8 Å². The minimum absolute atomic E-state index is 0. The second kappa shape index (κ2) is 11.7. The van der Waals surface area contributed by atoms with E-state index in [0.717, 1.165) is 0 Å². The number of aliphatic hydroxyl groups excluding tert-OH is 1. The standard InChI is InChI=1S/C24H26ClFN6O4.ClH/c1-35-22-3-2-17-23(31-22)14(16(26)8-28-17)4-5-32-10-13(19(33)11-32)7-27-9-18-15(25)6-20-24(29-18)30-21(34)12-36-20;/h2-3,6,8,13,19,27,33H,4-5,7,9-12H2,1H3,(H,29,30,34);1H. The molecule has 10 nitrogen and oxygen atoms in total. The van der Waals surface area contributed by atoms with Gasteiger partial charge in [0.2, 0.25) is 5.88 Å². The van der Waals surface area contributed by atoms with E-state index < -0.39 is 11.9 Å². The summed E-state index contributed by atoms with van der Waals surface area (Å²) in [6, 6.07) is 5.09. The maximum atomic E-state index is 14.6. The molecule has 0 bridgehead atoms. The highest BCUT2D eigenvalue weighted by Crippen LogP contribution is 2.30. The summed E-state index contributed by atoms with van der Waals surface area (Å²) in [5, 5.41) is 17.0. The van der Waals surface area contributed by atoms with Crippen molar-refractivity contribution in [1.29, 1.82) is 0 Å². The summed E-state index contributed by atoms with van der Waals surface area (Å²) in [7, 11) is 1.52. The molecule has 198 valence electrons. The number of methoxy groups -OCH3 is 1. The fourth-order valence-corrected chi connectivity index (χ4v) is 4.75. The molecular formula is C24H27Cl2FN6O4. The smallest absolute Gasteiger partial charge is 0.263 e. The van der Waals surface area contributed by atoms with Crippen LogP contribution in [0, 0.1) is 11.7 Å². The van der Waals surface area contributed by atoms with Crippen LogP contribution >= 0.6 is 24.0 Å². The van der Waals surface area contributed by atoms with Crippen molar-refractivity contribution in [3.63, 3.8) is 0 Å². The molecule has 3 N–H and O–H groups in total. The Morgan fingerprint density at radius 1 is 1.35 bits per heavy atom. The summed E-state index contributed by atoms with van der Waals surface area (Å²) in [6.45, 7) is 2.57. The number of carbonyl (C=O) groups excluding carboxylic acids is 1. The van der Waals surface area contributed by atoms with Gasteiger partial charge in [0.25, 0.3) is 5.91 Å². The first-order valence-corrected chi connectivity index (χ1v) is 12.0. The van der Waals surface area contributed by atoms with Gasteiger partial charge in [0.15, 0.2) is 18.2 Å². The predicted octanol–water partition coefficient (Wildman–Crippen LogP) is 2.20. The molecule has 2 aliphatic rings. The predicted molar refractivity (Wildman–Crippen MR) is 138 cm³/mol. The van der Waals surface area contributed by atoms with Crippen LogP contribution in [0.25, 0.3) is 11.0 Å². The summed E-state index contributed by atoms with van der Waals surface area (Å²) in [5.41, 5.74) is 2.16. The van der Waals surface area contributed by atoms with E-state index in [0.29, 0.717) is 83.9 Å². The number of likely N-dealkylation sites (tertiary alicyclic amines) is 1. The average molecular weight is 553 g/mol. The molecule has 1 saturated heterocycles. The fourth-order valence-electron chi connectivity index (χ4n) is 4.54. The second-order valence-electron chi connectivity index (χ2n) is 8.87. The quantitative estimate of drug-likeness (QED) is 0.386. The van der Waals surface area contributed by atoms with Crippen LogP contribution in [0.1, 0.15) is 11.3 Å². The number of hydrogen-bond donors (Lipinski definition) is 3. The Kier molecular flexibility index (Phi) is 8.60. The molecule has 0 spiro atoms. The van der Waals surface area contributed by atoms with E-state index in [-0.39, 0.29) is 30.8 Å². The molecule has 1 fully saturated rings. The van der Waals surface area contributed by atoms with E-state index in [9.17, 15) is 14.3 Å². The van der Waals surface area contributed by atoms with Crippen LogP contribution in [0.5, 0.6) is 11.6 Å². The number of pyridine rings is 3. The van der Waals surface area contributed by atoms with Gasteiger partial charge in [-0.2, -0.15) is 0 Å². The molecular weight excluding hydrogens is 526 g/mol. The number of aromatic nitrogens is 3. The van der Waals surface area contributed by atoms with E-state index in [1.54, 1.807) is 18.2 Å². The van der Waals surface area contributed by atoms with Crippen molar-refractivity contribution in [3.8, 4) is 11.6 Å². The van der Waals surface area contributed by atoms with Crippen LogP contribution < -0.4 is 20.1 Å². The third-order valence-corrected chi connectivity index (χ3v) is 6.77. The Labute approximate surface area is 223 Å². The van der Waals surface area contributed by atoms with E-state index in [1.807, 2.05) is 0 Å². The topological polar surface area (TPSA) is 122 Å². The number of halogens is 3. The minimum atomic E-state index is -0.519. The molecule has 13 heteroatoms. The summed E-state index contributed by atoms with van der Waals surface area (Å²) in [6.07, 6.45) is 1.13. The van der Waals surface area contributed by atoms with Gasteiger partial charge in [-0.15, -0.1) is 12.4 Å². The van der Waals surface area contributed by atoms with E-state index in [2.05, 4.69) is 30.5 Å². The Bertz CT molecular complexity index is 1300. The molecule has 0 radical (unpaired) electrons. The number of β-amino-alcohol motifs (C(OH)–C–C–N with tert-alkyl or cyclic N) is 1. The van der Waals surface area contributed by atoms with Gasteiger partial charge in [-0.05, 0) is 12.5 Å². The molecule has 2 unspecified atom stereocenters. The number of anilines is 1. The van der Waals surface area contributed by atoms with Crippen LogP contribution in [0.15, 0.2) is 24.4 Å². The summed E-state index contributed by atoms with van der Waals surface area (Å²) in [5.74, 6) is 0.515. The number of nitrogens with one attached hydrogen (secondary N) is 2. The normalized spacial score (nSPS) is 19.2. The molecule has 2 aliphatic heterocycles. The molecule has 5 rings (SSSR count). The van der Waals surface area contributed by atoms with Gasteiger partial charge in [-0.3, -0.25) is 9.78 Å². The van der Waals surface area contributed by atoms with Crippen molar-refractivity contribution in [1.82, 2.24) is 25.2 Å². The lowest BCUT2D eigenvalue weighted by Gasteiger charge is -2.19. The Morgan fingerprint density at radius 2 is 2.19 bits per heavy atom. The van der Waals surface area contributed by atoms with Gasteiger partial charge >= 0.3 is 0 Å². The van der Waals surface area contributed by atoms with E-state index in [1.165, 1.54) is 13.3 Å². The molecule has 3 aromatic rings. The zero-order valence-electron chi connectivity index (χ0n) is 20.0. The van der Waals surface area contributed by atoms with Gasteiger partial charge in [-0.1, -0.05) is 11.6 Å². The SMILES string of the molecule is COc1ccc2ncc(F)c(CCN3CC(O)C(CNCc4nc5c(cc4Cl)OCC(=O)N5)C3)c2n1.Cl. The molecule has 5 heterocycles. The van der Waals surface area contributed by atoms with E-state index >= 15 is 0 Å². The number of amides is 1. The Hall–Kier alpha value is -2.83. The number of hydrogen-bond acceptors (Lipinski definition) is 9. The molecule has 0 saturated carbocycles. The van der Waals surface area contributed by atoms with Crippen LogP contribution in [0.2, 0.25) is 5.02 Å². The highest BCUT2D eigenvalue weighted by atomic mass is 35.5. The van der Waals surface area contributed by atoms with Crippen molar-refractivity contribution < 1.29 is 23.8 Å². The molecule has 37 heavy (non-hydrogen) atoms. The molecule has 0 aliphatic carbocycles. The van der Waals surface area contributed by atoms with Gasteiger partial charge in [-0.25, -0.2) is 14.4 Å². The van der Waals surface area contributed by atoms with Crippen molar-refractivity contribution in [2.75, 3.05) is 45.2 Å². The van der Waals surface area contributed by atoms with Crippen molar-refractivity contribution in [2.45, 2.75) is 19.1 Å². The van der Waals surface area contributed by atoms with Crippen molar-refractivity contribution >= 4 is 46.8 Å². The Balaban J connectivity index is 0.00000320. The van der Waals surface area contributed by atoms with Gasteiger partial charge in [0.05, 0.1) is 41.2 Å². The summed E-state index contributed by atoms with van der Waals surface area (Å²) >= 11 is 6.32. The number of carbonyl (C=O) groups is 1. The number of ether oxygens (including phenoxy) is 2. The van der Waals surface area contributed by atoms with Crippen LogP contribution in [0.3, 0.4) is 0 Å². The maximum Gasteiger partial charge on any atom is 0.263 e. The third-order valence-electron chi connectivity index (χ3n) is 6.44. The maximum absolute atomic E-state index is 14.6. The first-order chi connectivity index (χ1) is 17.4. The lowest BCUT2D eigenvalue weighted by Crippen LogP contribution is -2.31. The zero-order chi connectivity index (χ0) is 25.2. The lowest BCUT2D eigenvalue weighted by atomic mass is 10.1. The molecule has 3 aromatic heterocycles. The number of fused-ring (bicyclic) bond motifs is 2. The largest absolute Gasteiger partial charge is 0.481 e. The van der Waals surface area contributed by atoms with Crippen LogP contribution in [0.4, 0.5) is 10.2 Å². The summed E-state index contributed by atoms with van der Waals surface area (Å²) in [4.78, 5) is 26.5. The third kappa shape index (κ3) is 6.02. The first kappa shape index (κ1) is 27.2. The molecule has 1 amide bonds. The van der Waals surface area contributed by atoms with Crippen molar-refractivity contribution in [3.05, 3.63) is 46.5 Å². The minimum Gasteiger partial charge on any atom is -0.481 e. The molecule has 2 atom stereocenters. The average Bonchev–Trinajstić information content (AvgIpc) is 3.22. The fraction of sp³-hybridized carbons (Fsp3) is 0.417. The Morgan fingerprint density at radius 3 is 3.00 bits per heavy atom. The monoisotopic (exact) mass is 552 g/mol. The van der Waals surface area contributed by atoms with Crippen molar-refractivity contribution in [2.24, 2.45) is 5.92 Å².